The maximum Gasteiger partial charge on any atom is 0.0469 e. The van der Waals surface area contributed by atoms with Gasteiger partial charge in [0.2, 0.25) is 0 Å². The smallest absolute Gasteiger partial charge is 0.0469 e. The molecule has 1 N–H and O–H groups in total. The third-order valence-electron chi connectivity index (χ3n) is 4.08. The molecular formula is C13H25NO. The van der Waals surface area contributed by atoms with Gasteiger partial charge in [0, 0.05) is 25.3 Å². The third-order valence-corrected chi connectivity index (χ3v) is 4.08. The molecule has 1 unspecified atom stereocenters. The molecule has 0 amide bonds. The van der Waals surface area contributed by atoms with Crippen LogP contribution in [0.15, 0.2) is 0 Å². The van der Waals surface area contributed by atoms with Crippen LogP contribution in [0.3, 0.4) is 0 Å². The van der Waals surface area contributed by atoms with Crippen LogP contribution in [0.5, 0.6) is 0 Å². The predicted octanol–water partition coefficient (Wildman–Crippen LogP) is 2.72. The van der Waals surface area contributed by atoms with Gasteiger partial charge in [0.1, 0.15) is 0 Å². The maximum absolute atomic E-state index is 5.41. The van der Waals surface area contributed by atoms with Gasteiger partial charge in [-0.15, -0.1) is 0 Å². The van der Waals surface area contributed by atoms with E-state index in [1.54, 1.807) is 0 Å². The van der Waals surface area contributed by atoms with E-state index in [1.165, 1.54) is 44.9 Å². The van der Waals surface area contributed by atoms with Gasteiger partial charge in [0.15, 0.2) is 0 Å². The van der Waals surface area contributed by atoms with Crippen LogP contribution in [0.25, 0.3) is 0 Å². The lowest BCUT2D eigenvalue weighted by Gasteiger charge is -2.33. The lowest BCUT2D eigenvalue weighted by molar-refractivity contribution is 0.0536. The Kier molecular flexibility index (Phi) is 4.45. The summed E-state index contributed by atoms with van der Waals surface area (Å²) in [6, 6.07) is 1.49. The molecule has 0 radical (unpaired) electrons. The highest BCUT2D eigenvalue weighted by Crippen LogP contribution is 2.22. The number of rotatable bonds is 3. The van der Waals surface area contributed by atoms with Crippen LogP contribution >= 0.6 is 0 Å². The maximum atomic E-state index is 5.41. The molecule has 1 saturated heterocycles. The fraction of sp³-hybridized carbons (Fsp3) is 1.00. The van der Waals surface area contributed by atoms with Crippen molar-refractivity contribution in [2.45, 2.75) is 64.0 Å². The number of ether oxygens (including phenoxy) is 1. The minimum absolute atomic E-state index is 0.692. The Balaban J connectivity index is 1.72. The average molecular weight is 211 g/mol. The minimum atomic E-state index is 0.692. The molecule has 2 fully saturated rings. The molecule has 1 saturated carbocycles. The molecule has 1 aliphatic carbocycles. The monoisotopic (exact) mass is 211 g/mol. The van der Waals surface area contributed by atoms with E-state index in [0.29, 0.717) is 6.04 Å². The summed E-state index contributed by atoms with van der Waals surface area (Å²) in [7, 11) is 0. The molecule has 88 valence electrons. The number of nitrogens with one attached hydrogen (secondary N) is 1. The Hall–Kier alpha value is -0.0800. The van der Waals surface area contributed by atoms with Crippen LogP contribution in [-0.4, -0.2) is 25.3 Å². The summed E-state index contributed by atoms with van der Waals surface area (Å²) >= 11 is 0. The second-order valence-corrected chi connectivity index (χ2v) is 5.24. The van der Waals surface area contributed by atoms with E-state index in [2.05, 4.69) is 12.2 Å². The highest BCUT2D eigenvalue weighted by atomic mass is 16.5. The van der Waals surface area contributed by atoms with Gasteiger partial charge >= 0.3 is 0 Å². The normalized spacial score (nSPS) is 27.8. The van der Waals surface area contributed by atoms with Crippen LogP contribution in [0, 0.1) is 5.92 Å². The van der Waals surface area contributed by atoms with Gasteiger partial charge in [0.25, 0.3) is 0 Å². The molecule has 0 aromatic carbocycles. The van der Waals surface area contributed by atoms with Crippen molar-refractivity contribution in [1.29, 1.82) is 0 Å². The molecule has 2 rings (SSSR count). The number of hydrogen-bond acceptors (Lipinski definition) is 2. The Morgan fingerprint density at radius 1 is 1.00 bits per heavy atom. The lowest BCUT2D eigenvalue weighted by Crippen LogP contribution is -2.43. The van der Waals surface area contributed by atoms with Gasteiger partial charge in [0.05, 0.1) is 0 Å². The van der Waals surface area contributed by atoms with E-state index >= 15 is 0 Å². The molecule has 2 heteroatoms. The summed E-state index contributed by atoms with van der Waals surface area (Å²) < 4.78 is 5.41. The zero-order valence-electron chi connectivity index (χ0n) is 10.0. The standard InChI is InChI=1S/C13H25NO/c1-11(12-7-9-15-10-8-12)14-13-5-3-2-4-6-13/h11-14H,2-10H2,1H3. The summed E-state index contributed by atoms with van der Waals surface area (Å²) in [6.45, 7) is 4.31. The van der Waals surface area contributed by atoms with Crippen LogP contribution in [0.4, 0.5) is 0 Å². The summed E-state index contributed by atoms with van der Waals surface area (Å²) in [5, 5.41) is 3.83. The van der Waals surface area contributed by atoms with Gasteiger partial charge < -0.3 is 10.1 Å². The summed E-state index contributed by atoms with van der Waals surface area (Å²) in [4.78, 5) is 0. The van der Waals surface area contributed by atoms with Crippen LogP contribution in [0.1, 0.15) is 51.9 Å². The second kappa shape index (κ2) is 5.86. The molecule has 1 atom stereocenters. The van der Waals surface area contributed by atoms with Gasteiger partial charge in [-0.05, 0) is 38.5 Å². The van der Waals surface area contributed by atoms with E-state index in [-0.39, 0.29) is 0 Å². The van der Waals surface area contributed by atoms with Crippen molar-refractivity contribution < 1.29 is 4.74 Å². The first-order chi connectivity index (χ1) is 7.36. The first-order valence-corrected chi connectivity index (χ1v) is 6.70. The lowest BCUT2D eigenvalue weighted by atomic mass is 9.90. The van der Waals surface area contributed by atoms with Crippen molar-refractivity contribution in [3.63, 3.8) is 0 Å². The summed E-state index contributed by atoms with van der Waals surface area (Å²) in [5.74, 6) is 0.848. The SMILES string of the molecule is CC(NC1CCCCC1)C1CCOCC1. The summed E-state index contributed by atoms with van der Waals surface area (Å²) in [6.07, 6.45) is 9.60. The molecule has 2 aliphatic rings. The van der Waals surface area contributed by atoms with E-state index in [9.17, 15) is 0 Å². The Morgan fingerprint density at radius 3 is 2.33 bits per heavy atom. The first-order valence-electron chi connectivity index (χ1n) is 6.70. The van der Waals surface area contributed by atoms with Crippen LogP contribution < -0.4 is 5.32 Å². The fourth-order valence-electron chi connectivity index (χ4n) is 2.99. The van der Waals surface area contributed by atoms with Gasteiger partial charge in [-0.2, -0.15) is 0 Å². The molecule has 1 aliphatic heterocycles. The first kappa shape index (κ1) is 11.4. The van der Waals surface area contributed by atoms with Crippen LogP contribution in [-0.2, 0) is 4.74 Å². The summed E-state index contributed by atoms with van der Waals surface area (Å²) in [5.41, 5.74) is 0. The van der Waals surface area contributed by atoms with E-state index in [1.807, 2.05) is 0 Å². The molecule has 0 bridgehead atoms. The zero-order valence-corrected chi connectivity index (χ0v) is 10.0. The van der Waals surface area contributed by atoms with E-state index < -0.39 is 0 Å². The van der Waals surface area contributed by atoms with Gasteiger partial charge in [-0.3, -0.25) is 0 Å². The highest BCUT2D eigenvalue weighted by molar-refractivity contribution is 4.80. The van der Waals surface area contributed by atoms with Gasteiger partial charge in [-0.25, -0.2) is 0 Å². The zero-order chi connectivity index (χ0) is 10.5. The second-order valence-electron chi connectivity index (χ2n) is 5.24. The molecule has 0 aromatic rings. The van der Waals surface area contributed by atoms with Gasteiger partial charge in [-0.1, -0.05) is 19.3 Å². The predicted molar refractivity (Wildman–Crippen MR) is 63.0 cm³/mol. The van der Waals surface area contributed by atoms with Crippen LogP contribution in [0.2, 0.25) is 0 Å². The third kappa shape index (κ3) is 3.46. The van der Waals surface area contributed by atoms with E-state index in [4.69, 9.17) is 4.74 Å². The average Bonchev–Trinajstić information content (AvgIpc) is 2.31. The Bertz CT molecular complexity index is 171. The Morgan fingerprint density at radius 2 is 1.67 bits per heavy atom. The van der Waals surface area contributed by atoms with Crippen molar-refractivity contribution >= 4 is 0 Å². The molecule has 1 heterocycles. The highest BCUT2D eigenvalue weighted by Gasteiger charge is 2.23. The van der Waals surface area contributed by atoms with Crippen molar-refractivity contribution in [2.24, 2.45) is 5.92 Å². The molecule has 0 spiro atoms. The molecule has 0 aromatic heterocycles. The Labute approximate surface area is 93.8 Å². The molecule has 2 nitrogen and oxygen atoms in total. The number of hydrogen-bond donors (Lipinski definition) is 1. The fourth-order valence-corrected chi connectivity index (χ4v) is 2.99. The van der Waals surface area contributed by atoms with E-state index in [0.717, 1.165) is 25.2 Å². The minimum Gasteiger partial charge on any atom is -0.381 e. The van der Waals surface area contributed by atoms with Crippen molar-refractivity contribution in [1.82, 2.24) is 5.32 Å². The molecular weight excluding hydrogens is 186 g/mol. The molecule has 15 heavy (non-hydrogen) atoms. The largest absolute Gasteiger partial charge is 0.381 e. The van der Waals surface area contributed by atoms with Crippen molar-refractivity contribution in [3.8, 4) is 0 Å². The quantitative estimate of drug-likeness (QED) is 0.775. The topological polar surface area (TPSA) is 21.3 Å². The van der Waals surface area contributed by atoms with Crippen molar-refractivity contribution in [3.05, 3.63) is 0 Å². The van der Waals surface area contributed by atoms with Crippen molar-refractivity contribution in [2.75, 3.05) is 13.2 Å².